The van der Waals surface area contributed by atoms with E-state index in [1.54, 1.807) is 0 Å². The molecular formula is C14H20O2. The summed E-state index contributed by atoms with van der Waals surface area (Å²) in [6, 6.07) is 8.01. The second-order valence-electron chi connectivity index (χ2n) is 4.14. The first-order valence-electron chi connectivity index (χ1n) is 6.00. The number of aryl methyl sites for hydroxylation is 1. The maximum absolute atomic E-state index is 11.0. The van der Waals surface area contributed by atoms with Crippen LogP contribution in [0.4, 0.5) is 0 Å². The minimum absolute atomic E-state index is 0.361. The Morgan fingerprint density at radius 1 is 1.25 bits per heavy atom. The number of carboxylic acids is 1. The molecular weight excluding hydrogens is 200 g/mol. The average molecular weight is 220 g/mol. The van der Waals surface area contributed by atoms with Gasteiger partial charge in [-0.1, -0.05) is 44.5 Å². The van der Waals surface area contributed by atoms with Crippen molar-refractivity contribution in [3.63, 3.8) is 0 Å². The van der Waals surface area contributed by atoms with Gasteiger partial charge in [-0.05, 0) is 30.4 Å². The van der Waals surface area contributed by atoms with Gasteiger partial charge in [0.1, 0.15) is 0 Å². The van der Waals surface area contributed by atoms with Crippen LogP contribution in [0.3, 0.4) is 0 Å². The number of benzene rings is 1. The third-order valence-corrected chi connectivity index (χ3v) is 2.91. The molecule has 0 saturated carbocycles. The van der Waals surface area contributed by atoms with Gasteiger partial charge in [-0.15, -0.1) is 0 Å². The van der Waals surface area contributed by atoms with E-state index in [4.69, 9.17) is 5.11 Å². The molecule has 0 radical (unpaired) electrons. The van der Waals surface area contributed by atoms with Crippen LogP contribution in [0.5, 0.6) is 0 Å². The summed E-state index contributed by atoms with van der Waals surface area (Å²) < 4.78 is 0. The SMILES string of the molecule is CCCCc1ccc(C(CC)C(=O)O)cc1. The van der Waals surface area contributed by atoms with E-state index in [2.05, 4.69) is 19.1 Å². The topological polar surface area (TPSA) is 37.3 Å². The van der Waals surface area contributed by atoms with Crippen molar-refractivity contribution in [2.75, 3.05) is 0 Å². The van der Waals surface area contributed by atoms with Gasteiger partial charge in [-0.2, -0.15) is 0 Å². The molecule has 0 aliphatic carbocycles. The highest BCUT2D eigenvalue weighted by Gasteiger charge is 2.16. The van der Waals surface area contributed by atoms with E-state index in [1.165, 1.54) is 18.4 Å². The predicted molar refractivity (Wildman–Crippen MR) is 65.7 cm³/mol. The molecule has 1 rings (SSSR count). The van der Waals surface area contributed by atoms with E-state index in [0.717, 1.165) is 12.0 Å². The number of hydrogen-bond donors (Lipinski definition) is 1. The lowest BCUT2D eigenvalue weighted by Gasteiger charge is -2.10. The Kier molecular flexibility index (Phi) is 5.03. The maximum Gasteiger partial charge on any atom is 0.310 e. The molecule has 0 fully saturated rings. The Balaban J connectivity index is 2.73. The van der Waals surface area contributed by atoms with Crippen molar-refractivity contribution in [2.24, 2.45) is 0 Å². The number of aliphatic carboxylic acids is 1. The molecule has 0 aliphatic heterocycles. The number of carbonyl (C=O) groups is 1. The van der Waals surface area contributed by atoms with E-state index >= 15 is 0 Å². The van der Waals surface area contributed by atoms with Crippen molar-refractivity contribution >= 4 is 5.97 Å². The molecule has 1 aromatic rings. The number of rotatable bonds is 6. The van der Waals surface area contributed by atoms with Crippen LogP contribution >= 0.6 is 0 Å². The van der Waals surface area contributed by atoms with Crippen molar-refractivity contribution < 1.29 is 9.90 Å². The largest absolute Gasteiger partial charge is 0.481 e. The third-order valence-electron chi connectivity index (χ3n) is 2.91. The minimum Gasteiger partial charge on any atom is -0.481 e. The van der Waals surface area contributed by atoms with Gasteiger partial charge >= 0.3 is 5.97 Å². The number of hydrogen-bond acceptors (Lipinski definition) is 1. The Morgan fingerprint density at radius 3 is 2.31 bits per heavy atom. The summed E-state index contributed by atoms with van der Waals surface area (Å²) in [7, 11) is 0. The van der Waals surface area contributed by atoms with Crippen molar-refractivity contribution in [2.45, 2.75) is 45.4 Å². The lowest BCUT2D eigenvalue weighted by Crippen LogP contribution is -2.10. The Bertz CT molecular complexity index is 327. The molecule has 0 bridgehead atoms. The van der Waals surface area contributed by atoms with Crippen LogP contribution in [-0.2, 0) is 11.2 Å². The van der Waals surface area contributed by atoms with Crippen LogP contribution in [0.25, 0.3) is 0 Å². The lowest BCUT2D eigenvalue weighted by atomic mass is 9.95. The maximum atomic E-state index is 11.0. The molecule has 0 aromatic heterocycles. The van der Waals surface area contributed by atoms with Crippen LogP contribution in [-0.4, -0.2) is 11.1 Å². The van der Waals surface area contributed by atoms with E-state index in [1.807, 2.05) is 19.1 Å². The molecule has 88 valence electrons. The highest BCUT2D eigenvalue weighted by Crippen LogP contribution is 2.20. The molecule has 2 heteroatoms. The van der Waals surface area contributed by atoms with Crippen molar-refractivity contribution in [3.8, 4) is 0 Å². The summed E-state index contributed by atoms with van der Waals surface area (Å²) in [5.74, 6) is -1.09. The van der Waals surface area contributed by atoms with Gasteiger partial charge in [0.15, 0.2) is 0 Å². The minimum atomic E-state index is -0.733. The zero-order valence-corrected chi connectivity index (χ0v) is 10.1. The first-order chi connectivity index (χ1) is 7.69. The standard InChI is InChI=1S/C14H20O2/c1-3-5-6-11-7-9-12(10-8-11)13(4-2)14(15)16/h7-10,13H,3-6H2,1-2H3,(H,15,16). The molecule has 0 spiro atoms. The molecule has 0 heterocycles. The van der Waals surface area contributed by atoms with E-state index in [-0.39, 0.29) is 5.92 Å². The molecule has 2 nitrogen and oxygen atoms in total. The lowest BCUT2D eigenvalue weighted by molar-refractivity contribution is -0.138. The monoisotopic (exact) mass is 220 g/mol. The van der Waals surface area contributed by atoms with Crippen molar-refractivity contribution in [1.29, 1.82) is 0 Å². The van der Waals surface area contributed by atoms with Gasteiger partial charge in [0.2, 0.25) is 0 Å². The van der Waals surface area contributed by atoms with Crippen LogP contribution in [0, 0.1) is 0 Å². The zero-order valence-electron chi connectivity index (χ0n) is 10.1. The fraction of sp³-hybridized carbons (Fsp3) is 0.500. The fourth-order valence-corrected chi connectivity index (χ4v) is 1.85. The quantitative estimate of drug-likeness (QED) is 0.795. The van der Waals surface area contributed by atoms with Gasteiger partial charge < -0.3 is 5.11 Å². The molecule has 1 aromatic carbocycles. The number of carboxylic acid groups (broad SMARTS) is 1. The van der Waals surface area contributed by atoms with Crippen LogP contribution in [0.2, 0.25) is 0 Å². The summed E-state index contributed by atoms with van der Waals surface area (Å²) >= 11 is 0. The van der Waals surface area contributed by atoms with E-state index in [0.29, 0.717) is 6.42 Å². The highest BCUT2D eigenvalue weighted by atomic mass is 16.4. The normalized spacial score (nSPS) is 12.4. The molecule has 1 atom stereocenters. The van der Waals surface area contributed by atoms with Crippen LogP contribution in [0.15, 0.2) is 24.3 Å². The first kappa shape index (κ1) is 12.8. The zero-order chi connectivity index (χ0) is 12.0. The second kappa shape index (κ2) is 6.31. The molecule has 1 unspecified atom stereocenters. The van der Waals surface area contributed by atoms with Gasteiger partial charge in [0, 0.05) is 0 Å². The van der Waals surface area contributed by atoms with Gasteiger partial charge in [-0.25, -0.2) is 0 Å². The Hall–Kier alpha value is -1.31. The fourth-order valence-electron chi connectivity index (χ4n) is 1.85. The summed E-state index contributed by atoms with van der Waals surface area (Å²) in [5, 5.41) is 9.04. The summed E-state index contributed by atoms with van der Waals surface area (Å²) in [6.07, 6.45) is 4.11. The molecule has 16 heavy (non-hydrogen) atoms. The molecule has 0 saturated heterocycles. The van der Waals surface area contributed by atoms with Crippen LogP contribution < -0.4 is 0 Å². The summed E-state index contributed by atoms with van der Waals surface area (Å²) in [4.78, 5) is 11.0. The molecule has 0 aliphatic rings. The van der Waals surface area contributed by atoms with Crippen LogP contribution in [0.1, 0.15) is 50.2 Å². The van der Waals surface area contributed by atoms with Crippen molar-refractivity contribution in [3.05, 3.63) is 35.4 Å². The Labute approximate surface area is 97.3 Å². The third kappa shape index (κ3) is 3.37. The Morgan fingerprint density at radius 2 is 1.88 bits per heavy atom. The first-order valence-corrected chi connectivity index (χ1v) is 6.00. The number of unbranched alkanes of at least 4 members (excludes halogenated alkanes) is 1. The van der Waals surface area contributed by atoms with E-state index in [9.17, 15) is 4.79 Å². The smallest absolute Gasteiger partial charge is 0.310 e. The van der Waals surface area contributed by atoms with Gasteiger partial charge in [0.25, 0.3) is 0 Å². The van der Waals surface area contributed by atoms with Gasteiger partial charge in [-0.3, -0.25) is 4.79 Å². The molecule has 1 N–H and O–H groups in total. The van der Waals surface area contributed by atoms with Crippen molar-refractivity contribution in [1.82, 2.24) is 0 Å². The summed E-state index contributed by atoms with van der Waals surface area (Å²) in [5.41, 5.74) is 2.21. The average Bonchev–Trinajstić information content (AvgIpc) is 2.28. The second-order valence-corrected chi connectivity index (χ2v) is 4.14. The summed E-state index contributed by atoms with van der Waals surface area (Å²) in [6.45, 7) is 4.08. The highest BCUT2D eigenvalue weighted by molar-refractivity contribution is 5.75. The predicted octanol–water partition coefficient (Wildman–Crippen LogP) is 3.61. The molecule has 0 amide bonds. The van der Waals surface area contributed by atoms with Gasteiger partial charge in [0.05, 0.1) is 5.92 Å². The van der Waals surface area contributed by atoms with E-state index < -0.39 is 5.97 Å².